The standard InChI is InChI=1S/C16H26N2O3/c1-4-14-5-7-15(8-6-14)17-16(19)13-18(9-11-20-2)10-12-21-3/h5-8H,4,9-13H2,1-3H3,(H,17,19). The molecule has 0 fully saturated rings. The molecule has 0 bridgehead atoms. The van der Waals surface area contributed by atoms with Crippen LogP contribution in [0.4, 0.5) is 5.69 Å². The Hall–Kier alpha value is -1.43. The molecule has 21 heavy (non-hydrogen) atoms. The topological polar surface area (TPSA) is 50.8 Å². The molecule has 0 aliphatic rings. The molecule has 1 aromatic carbocycles. The zero-order valence-corrected chi connectivity index (χ0v) is 13.2. The van der Waals surface area contributed by atoms with Crippen LogP contribution in [-0.4, -0.2) is 57.9 Å². The Kier molecular flexibility index (Phi) is 8.66. The molecule has 0 saturated heterocycles. The SMILES string of the molecule is CCc1ccc(NC(=O)CN(CCOC)CCOC)cc1. The first-order valence-corrected chi connectivity index (χ1v) is 7.28. The summed E-state index contributed by atoms with van der Waals surface area (Å²) in [5.41, 5.74) is 2.09. The maximum Gasteiger partial charge on any atom is 0.238 e. The number of amides is 1. The zero-order chi connectivity index (χ0) is 15.5. The van der Waals surface area contributed by atoms with E-state index in [1.165, 1.54) is 5.56 Å². The first-order valence-electron chi connectivity index (χ1n) is 7.28. The van der Waals surface area contributed by atoms with Crippen molar-refractivity contribution in [2.24, 2.45) is 0 Å². The molecular formula is C16H26N2O3. The van der Waals surface area contributed by atoms with Crippen LogP contribution in [0.5, 0.6) is 0 Å². The highest BCUT2D eigenvalue weighted by Crippen LogP contribution is 2.09. The fraction of sp³-hybridized carbons (Fsp3) is 0.562. The predicted octanol–water partition coefficient (Wildman–Crippen LogP) is 1.78. The Morgan fingerprint density at radius 3 is 2.14 bits per heavy atom. The summed E-state index contributed by atoms with van der Waals surface area (Å²) in [6, 6.07) is 7.93. The quantitative estimate of drug-likeness (QED) is 0.715. The van der Waals surface area contributed by atoms with Crippen LogP contribution in [0.15, 0.2) is 24.3 Å². The second-order valence-corrected chi connectivity index (χ2v) is 4.86. The van der Waals surface area contributed by atoms with Crippen molar-refractivity contribution in [1.29, 1.82) is 0 Å². The van der Waals surface area contributed by atoms with E-state index in [0.29, 0.717) is 32.8 Å². The van der Waals surface area contributed by atoms with Gasteiger partial charge in [0.15, 0.2) is 0 Å². The van der Waals surface area contributed by atoms with Gasteiger partial charge in [0.2, 0.25) is 5.91 Å². The fourth-order valence-electron chi connectivity index (χ4n) is 1.94. The third-order valence-electron chi connectivity index (χ3n) is 3.24. The second kappa shape index (κ2) is 10.3. The minimum Gasteiger partial charge on any atom is -0.383 e. The third-order valence-corrected chi connectivity index (χ3v) is 3.24. The van der Waals surface area contributed by atoms with Gasteiger partial charge in [0.25, 0.3) is 0 Å². The normalized spacial score (nSPS) is 10.9. The molecule has 0 aromatic heterocycles. The van der Waals surface area contributed by atoms with Crippen LogP contribution < -0.4 is 5.32 Å². The number of nitrogens with zero attached hydrogens (tertiary/aromatic N) is 1. The first-order chi connectivity index (χ1) is 10.2. The summed E-state index contributed by atoms with van der Waals surface area (Å²) in [4.78, 5) is 14.1. The molecule has 1 rings (SSSR count). The van der Waals surface area contributed by atoms with Crippen LogP contribution in [0.25, 0.3) is 0 Å². The smallest absolute Gasteiger partial charge is 0.238 e. The number of carbonyl (C=O) groups is 1. The number of hydrogen-bond acceptors (Lipinski definition) is 4. The van der Waals surface area contributed by atoms with E-state index in [4.69, 9.17) is 9.47 Å². The molecule has 1 N–H and O–H groups in total. The summed E-state index contributed by atoms with van der Waals surface area (Å²) in [6.45, 7) is 5.06. The van der Waals surface area contributed by atoms with Gasteiger partial charge in [-0.1, -0.05) is 19.1 Å². The molecule has 0 saturated carbocycles. The maximum atomic E-state index is 12.1. The Bertz CT molecular complexity index is 398. The molecule has 0 spiro atoms. The number of hydrogen-bond donors (Lipinski definition) is 1. The van der Waals surface area contributed by atoms with Crippen LogP contribution in [0.3, 0.4) is 0 Å². The van der Waals surface area contributed by atoms with Gasteiger partial charge in [-0.2, -0.15) is 0 Å². The highest BCUT2D eigenvalue weighted by molar-refractivity contribution is 5.92. The Morgan fingerprint density at radius 1 is 1.10 bits per heavy atom. The van der Waals surface area contributed by atoms with Gasteiger partial charge < -0.3 is 14.8 Å². The van der Waals surface area contributed by atoms with E-state index in [0.717, 1.165) is 12.1 Å². The molecule has 0 aliphatic heterocycles. The zero-order valence-electron chi connectivity index (χ0n) is 13.2. The van der Waals surface area contributed by atoms with Crippen LogP contribution in [0.2, 0.25) is 0 Å². The van der Waals surface area contributed by atoms with Gasteiger partial charge >= 0.3 is 0 Å². The lowest BCUT2D eigenvalue weighted by Gasteiger charge is -2.20. The molecule has 5 nitrogen and oxygen atoms in total. The molecule has 0 heterocycles. The molecule has 1 amide bonds. The number of aryl methyl sites for hydroxylation is 1. The lowest BCUT2D eigenvalue weighted by Crippen LogP contribution is -2.37. The van der Waals surface area contributed by atoms with Crippen molar-refractivity contribution in [3.63, 3.8) is 0 Å². The van der Waals surface area contributed by atoms with Crippen molar-refractivity contribution in [1.82, 2.24) is 4.90 Å². The van der Waals surface area contributed by atoms with Gasteiger partial charge in [-0.3, -0.25) is 9.69 Å². The summed E-state index contributed by atoms with van der Waals surface area (Å²) in [5, 5.41) is 2.91. The average Bonchev–Trinajstić information content (AvgIpc) is 2.50. The predicted molar refractivity (Wildman–Crippen MR) is 84.6 cm³/mol. The van der Waals surface area contributed by atoms with Gasteiger partial charge in [0.05, 0.1) is 19.8 Å². The molecule has 0 aliphatic carbocycles. The number of carbonyl (C=O) groups excluding carboxylic acids is 1. The monoisotopic (exact) mass is 294 g/mol. The largest absolute Gasteiger partial charge is 0.383 e. The summed E-state index contributed by atoms with van der Waals surface area (Å²) < 4.78 is 10.1. The van der Waals surface area contributed by atoms with Gasteiger partial charge in [0, 0.05) is 33.0 Å². The Balaban J connectivity index is 2.47. The number of nitrogens with one attached hydrogen (secondary N) is 1. The number of benzene rings is 1. The number of methoxy groups -OCH3 is 2. The van der Waals surface area contributed by atoms with E-state index in [2.05, 4.69) is 12.2 Å². The van der Waals surface area contributed by atoms with Crippen LogP contribution in [-0.2, 0) is 20.7 Å². The summed E-state index contributed by atoms with van der Waals surface area (Å²) in [7, 11) is 3.31. The molecule has 5 heteroatoms. The van der Waals surface area contributed by atoms with E-state index in [1.807, 2.05) is 29.2 Å². The molecule has 0 unspecified atom stereocenters. The number of rotatable bonds is 10. The highest BCUT2D eigenvalue weighted by atomic mass is 16.5. The van der Waals surface area contributed by atoms with E-state index < -0.39 is 0 Å². The van der Waals surface area contributed by atoms with E-state index in [-0.39, 0.29) is 5.91 Å². The fourth-order valence-corrected chi connectivity index (χ4v) is 1.94. The van der Waals surface area contributed by atoms with E-state index in [9.17, 15) is 4.79 Å². The van der Waals surface area contributed by atoms with Crippen molar-refractivity contribution in [3.8, 4) is 0 Å². The van der Waals surface area contributed by atoms with Gasteiger partial charge in [-0.15, -0.1) is 0 Å². The molecule has 118 valence electrons. The lowest BCUT2D eigenvalue weighted by atomic mass is 10.1. The molecular weight excluding hydrogens is 268 g/mol. The van der Waals surface area contributed by atoms with E-state index >= 15 is 0 Å². The molecule has 0 radical (unpaired) electrons. The van der Waals surface area contributed by atoms with Crippen molar-refractivity contribution < 1.29 is 14.3 Å². The maximum absolute atomic E-state index is 12.1. The van der Waals surface area contributed by atoms with Crippen molar-refractivity contribution >= 4 is 11.6 Å². The highest BCUT2D eigenvalue weighted by Gasteiger charge is 2.10. The van der Waals surface area contributed by atoms with Gasteiger partial charge in [0.1, 0.15) is 0 Å². The van der Waals surface area contributed by atoms with Crippen molar-refractivity contribution in [2.75, 3.05) is 52.4 Å². The average molecular weight is 294 g/mol. The van der Waals surface area contributed by atoms with Crippen LogP contribution in [0, 0.1) is 0 Å². The number of anilines is 1. The first kappa shape index (κ1) is 17.6. The van der Waals surface area contributed by atoms with Crippen LogP contribution >= 0.6 is 0 Å². The third kappa shape index (κ3) is 7.22. The molecule has 0 atom stereocenters. The minimum atomic E-state index is -0.0218. The number of ether oxygens (including phenoxy) is 2. The van der Waals surface area contributed by atoms with Crippen molar-refractivity contribution in [2.45, 2.75) is 13.3 Å². The van der Waals surface area contributed by atoms with Gasteiger partial charge in [-0.05, 0) is 24.1 Å². The Morgan fingerprint density at radius 2 is 1.67 bits per heavy atom. The summed E-state index contributed by atoms with van der Waals surface area (Å²) in [6.07, 6.45) is 0.996. The second-order valence-electron chi connectivity index (χ2n) is 4.86. The Labute approximate surface area is 127 Å². The van der Waals surface area contributed by atoms with Crippen LogP contribution in [0.1, 0.15) is 12.5 Å². The summed E-state index contributed by atoms with van der Waals surface area (Å²) >= 11 is 0. The van der Waals surface area contributed by atoms with Crippen molar-refractivity contribution in [3.05, 3.63) is 29.8 Å². The summed E-state index contributed by atoms with van der Waals surface area (Å²) in [5.74, 6) is -0.0218. The minimum absolute atomic E-state index is 0.0218. The van der Waals surface area contributed by atoms with Gasteiger partial charge in [-0.25, -0.2) is 0 Å². The molecule has 1 aromatic rings. The lowest BCUT2D eigenvalue weighted by molar-refractivity contribution is -0.117. The van der Waals surface area contributed by atoms with E-state index in [1.54, 1.807) is 14.2 Å².